The average molecular weight is 466 g/mol. The summed E-state index contributed by atoms with van der Waals surface area (Å²) in [6.45, 7) is 6.40. The third kappa shape index (κ3) is 18.4. The van der Waals surface area contributed by atoms with Crippen LogP contribution in [0.3, 0.4) is 0 Å². The maximum Gasteiger partial charge on any atom is 0.222 e. The summed E-state index contributed by atoms with van der Waals surface area (Å²) in [6, 6.07) is 0. The van der Waals surface area contributed by atoms with Crippen molar-refractivity contribution in [3.63, 3.8) is 0 Å². The van der Waals surface area contributed by atoms with E-state index in [0.717, 1.165) is 43.5 Å². The van der Waals surface area contributed by atoms with E-state index >= 15 is 0 Å². The highest BCUT2D eigenvalue weighted by Gasteiger charge is 2.26. The molecule has 0 bridgehead atoms. The molecule has 0 aliphatic carbocycles. The van der Waals surface area contributed by atoms with E-state index in [2.05, 4.69) is 25.9 Å². The number of nitrogens with zero attached hydrogens (tertiary/aromatic N) is 2. The Balaban J connectivity index is 1.72. The van der Waals surface area contributed by atoms with Crippen LogP contribution in [0.2, 0.25) is 0 Å². The molecule has 0 saturated carbocycles. The highest BCUT2D eigenvalue weighted by atomic mass is 16.2. The summed E-state index contributed by atoms with van der Waals surface area (Å²) in [5.41, 5.74) is 0. The normalized spacial score (nSPS) is 15.8. The molecular weight excluding hydrogens is 404 g/mol. The van der Waals surface area contributed by atoms with Crippen molar-refractivity contribution in [3.05, 3.63) is 0 Å². The summed E-state index contributed by atoms with van der Waals surface area (Å²) in [7, 11) is 4.53. The summed E-state index contributed by atoms with van der Waals surface area (Å²) < 4.78 is 1.06. The van der Waals surface area contributed by atoms with Crippen LogP contribution in [-0.2, 0) is 4.79 Å². The zero-order chi connectivity index (χ0) is 24.0. The molecular formula is C30H61N2O+. The number of hydrogen-bond acceptors (Lipinski definition) is 1. The SMILES string of the molecule is CCCCCCCCCCCCCCCCCCCCCCCC(=O)N1CC[N+](C)(C)CC1. The number of hydrogen-bond donors (Lipinski definition) is 0. The van der Waals surface area contributed by atoms with Gasteiger partial charge < -0.3 is 9.38 Å². The second-order valence-electron chi connectivity index (χ2n) is 11.6. The monoisotopic (exact) mass is 465 g/mol. The number of carbonyl (C=O) groups excluding carboxylic acids is 1. The molecule has 0 aromatic heterocycles. The van der Waals surface area contributed by atoms with Crippen molar-refractivity contribution in [3.8, 4) is 0 Å². The van der Waals surface area contributed by atoms with Gasteiger partial charge in [-0.25, -0.2) is 0 Å². The lowest BCUT2D eigenvalue weighted by Gasteiger charge is -2.39. The minimum Gasteiger partial charge on any atom is -0.331 e. The van der Waals surface area contributed by atoms with Gasteiger partial charge in [0.05, 0.1) is 40.3 Å². The van der Waals surface area contributed by atoms with Crippen LogP contribution < -0.4 is 0 Å². The fourth-order valence-corrected chi connectivity index (χ4v) is 5.12. The maximum atomic E-state index is 12.3. The van der Waals surface area contributed by atoms with E-state index in [1.807, 2.05) is 0 Å². The topological polar surface area (TPSA) is 20.3 Å². The van der Waals surface area contributed by atoms with Gasteiger partial charge in [-0.3, -0.25) is 4.79 Å². The molecule has 0 aromatic carbocycles. The van der Waals surface area contributed by atoms with Gasteiger partial charge in [0.1, 0.15) is 0 Å². The molecule has 0 radical (unpaired) electrons. The Morgan fingerprint density at radius 3 is 1.18 bits per heavy atom. The quantitative estimate of drug-likeness (QED) is 0.116. The van der Waals surface area contributed by atoms with Gasteiger partial charge in [0, 0.05) is 6.42 Å². The van der Waals surface area contributed by atoms with E-state index in [0.29, 0.717) is 5.91 Å². The summed E-state index contributed by atoms with van der Waals surface area (Å²) in [5.74, 6) is 0.396. The first-order chi connectivity index (χ1) is 16.0. The predicted molar refractivity (Wildman–Crippen MR) is 146 cm³/mol. The lowest BCUT2D eigenvalue weighted by molar-refractivity contribution is -0.894. The number of amides is 1. The number of carbonyl (C=O) groups is 1. The third-order valence-corrected chi connectivity index (χ3v) is 7.80. The molecule has 1 fully saturated rings. The molecule has 0 aromatic rings. The second kappa shape index (κ2) is 20.8. The van der Waals surface area contributed by atoms with Gasteiger partial charge in [-0.2, -0.15) is 0 Å². The highest BCUT2D eigenvalue weighted by molar-refractivity contribution is 5.76. The molecule has 1 saturated heterocycles. The number of likely N-dealkylation sites (N-methyl/N-ethyl adjacent to an activating group) is 1. The van der Waals surface area contributed by atoms with E-state index in [1.54, 1.807) is 0 Å². The molecule has 0 unspecified atom stereocenters. The van der Waals surface area contributed by atoms with E-state index in [-0.39, 0.29) is 0 Å². The van der Waals surface area contributed by atoms with Crippen molar-refractivity contribution in [1.82, 2.24) is 4.90 Å². The molecule has 1 amide bonds. The van der Waals surface area contributed by atoms with Gasteiger partial charge >= 0.3 is 0 Å². The molecule has 0 N–H and O–H groups in total. The Morgan fingerprint density at radius 1 is 0.545 bits per heavy atom. The van der Waals surface area contributed by atoms with E-state index < -0.39 is 0 Å². The summed E-state index contributed by atoms with van der Waals surface area (Å²) in [4.78, 5) is 14.4. The number of unbranched alkanes of at least 4 members (excludes halogenated alkanes) is 20. The van der Waals surface area contributed by atoms with Crippen molar-refractivity contribution in [2.75, 3.05) is 40.3 Å². The van der Waals surface area contributed by atoms with Crippen LogP contribution in [-0.4, -0.2) is 55.6 Å². The lowest BCUT2D eigenvalue weighted by Crippen LogP contribution is -2.56. The van der Waals surface area contributed by atoms with E-state index in [9.17, 15) is 4.79 Å². The van der Waals surface area contributed by atoms with Gasteiger partial charge in [0.2, 0.25) is 5.91 Å². The molecule has 1 aliphatic heterocycles. The van der Waals surface area contributed by atoms with Crippen molar-refractivity contribution in [2.45, 2.75) is 148 Å². The smallest absolute Gasteiger partial charge is 0.222 e. The van der Waals surface area contributed by atoms with Gasteiger partial charge in [-0.05, 0) is 6.42 Å². The average Bonchev–Trinajstić information content (AvgIpc) is 2.80. The molecule has 1 rings (SSSR count). The molecule has 3 nitrogen and oxygen atoms in total. The van der Waals surface area contributed by atoms with Crippen LogP contribution in [0.5, 0.6) is 0 Å². The molecule has 0 spiro atoms. The van der Waals surface area contributed by atoms with Gasteiger partial charge in [0.25, 0.3) is 0 Å². The van der Waals surface area contributed by atoms with Crippen LogP contribution in [0.4, 0.5) is 0 Å². The Bertz CT molecular complexity index is 439. The highest BCUT2D eigenvalue weighted by Crippen LogP contribution is 2.16. The molecule has 33 heavy (non-hydrogen) atoms. The van der Waals surface area contributed by atoms with Crippen LogP contribution in [0.15, 0.2) is 0 Å². The largest absolute Gasteiger partial charge is 0.331 e. The Kier molecular flexibility index (Phi) is 19.2. The van der Waals surface area contributed by atoms with Crippen LogP contribution >= 0.6 is 0 Å². The zero-order valence-corrected chi connectivity index (χ0v) is 23.2. The lowest BCUT2D eigenvalue weighted by atomic mass is 10.0. The fraction of sp³-hybridized carbons (Fsp3) is 0.967. The van der Waals surface area contributed by atoms with Crippen molar-refractivity contribution in [1.29, 1.82) is 0 Å². The fourth-order valence-electron chi connectivity index (χ4n) is 5.12. The molecule has 3 heteroatoms. The number of quaternary nitrogens is 1. The van der Waals surface area contributed by atoms with Gasteiger partial charge in [-0.1, -0.05) is 135 Å². The van der Waals surface area contributed by atoms with Gasteiger partial charge in [0.15, 0.2) is 0 Å². The zero-order valence-electron chi connectivity index (χ0n) is 23.2. The minimum absolute atomic E-state index is 0.396. The third-order valence-electron chi connectivity index (χ3n) is 7.80. The first-order valence-electron chi connectivity index (χ1n) is 15.1. The van der Waals surface area contributed by atoms with Crippen LogP contribution in [0.25, 0.3) is 0 Å². The minimum atomic E-state index is 0.396. The Labute approximate surface area is 208 Å². The molecule has 1 heterocycles. The summed E-state index contributed by atoms with van der Waals surface area (Å²) in [5, 5.41) is 0. The standard InChI is InChI=1S/C30H61N2O/c1-4-5-6-7-8-9-10-11-12-13-14-15-16-17-18-19-20-21-22-23-24-25-30(33)31-26-28-32(2,3)29-27-31/h4-29H2,1-3H3/q+1. The molecule has 1 aliphatic rings. The van der Waals surface area contributed by atoms with Crippen LogP contribution in [0.1, 0.15) is 148 Å². The number of piperazine rings is 1. The van der Waals surface area contributed by atoms with Crippen molar-refractivity contribution in [2.24, 2.45) is 0 Å². The van der Waals surface area contributed by atoms with E-state index in [1.165, 1.54) is 128 Å². The molecule has 0 atom stereocenters. The van der Waals surface area contributed by atoms with Crippen LogP contribution in [0, 0.1) is 0 Å². The summed E-state index contributed by atoms with van der Waals surface area (Å²) in [6.07, 6.45) is 30.4. The predicted octanol–water partition coefficient (Wildman–Crippen LogP) is 8.51. The second-order valence-corrected chi connectivity index (χ2v) is 11.6. The molecule has 196 valence electrons. The van der Waals surface area contributed by atoms with Gasteiger partial charge in [-0.15, -0.1) is 0 Å². The van der Waals surface area contributed by atoms with E-state index in [4.69, 9.17) is 0 Å². The Hall–Kier alpha value is -0.570. The first-order valence-corrected chi connectivity index (χ1v) is 15.1. The first kappa shape index (κ1) is 30.5. The summed E-state index contributed by atoms with van der Waals surface area (Å²) >= 11 is 0. The van der Waals surface area contributed by atoms with Crippen molar-refractivity contribution < 1.29 is 9.28 Å². The maximum absolute atomic E-state index is 12.3. The van der Waals surface area contributed by atoms with Crippen molar-refractivity contribution >= 4 is 5.91 Å². The Morgan fingerprint density at radius 2 is 0.848 bits per heavy atom. The number of rotatable bonds is 22.